The number of thiophene rings is 2. The molecule has 134 valence electrons. The van der Waals surface area contributed by atoms with Crippen LogP contribution in [0.2, 0.25) is 0 Å². The van der Waals surface area contributed by atoms with Crippen molar-refractivity contribution in [2.24, 2.45) is 0 Å². The number of methoxy groups -OCH3 is 1. The Kier molecular flexibility index (Phi) is 5.96. The van der Waals surface area contributed by atoms with Gasteiger partial charge in [-0.05, 0) is 50.4 Å². The van der Waals surface area contributed by atoms with Crippen LogP contribution in [0.15, 0.2) is 44.7 Å². The van der Waals surface area contributed by atoms with Crippen molar-refractivity contribution in [2.75, 3.05) is 12.4 Å². The van der Waals surface area contributed by atoms with E-state index < -0.39 is 5.97 Å². The standard InChI is InChI=1S/C18H13Br2NO3S2/c1-9-13(10-6-4-3-5-7-10)14(18(23)24-2)17(25-9)21-16(22)12-8-11(19)15(20)26-12/h3-8H,1-2H3,(H,21,22). The Balaban J connectivity index is 2.04. The molecule has 1 amide bonds. The van der Waals surface area contributed by atoms with E-state index in [1.807, 2.05) is 37.3 Å². The molecule has 4 nitrogen and oxygen atoms in total. The highest BCUT2D eigenvalue weighted by molar-refractivity contribution is 9.13. The van der Waals surface area contributed by atoms with E-state index in [4.69, 9.17) is 4.74 Å². The minimum Gasteiger partial charge on any atom is -0.465 e. The lowest BCUT2D eigenvalue weighted by molar-refractivity contribution is 0.0603. The van der Waals surface area contributed by atoms with Gasteiger partial charge < -0.3 is 10.1 Å². The van der Waals surface area contributed by atoms with Crippen molar-refractivity contribution in [2.45, 2.75) is 6.92 Å². The Morgan fingerprint density at radius 3 is 2.38 bits per heavy atom. The molecule has 1 aromatic carbocycles. The summed E-state index contributed by atoms with van der Waals surface area (Å²) in [5.74, 6) is -0.746. The van der Waals surface area contributed by atoms with E-state index in [0.29, 0.717) is 15.4 Å². The zero-order valence-electron chi connectivity index (χ0n) is 13.8. The van der Waals surface area contributed by atoms with Crippen LogP contribution in [0, 0.1) is 6.92 Å². The van der Waals surface area contributed by atoms with Crippen LogP contribution in [-0.2, 0) is 4.74 Å². The SMILES string of the molecule is COC(=O)c1c(NC(=O)c2cc(Br)c(Br)s2)sc(C)c1-c1ccccc1. The number of esters is 1. The smallest absolute Gasteiger partial charge is 0.341 e. The molecule has 0 saturated carbocycles. The van der Waals surface area contributed by atoms with Gasteiger partial charge in [-0.1, -0.05) is 30.3 Å². The van der Waals surface area contributed by atoms with Crippen molar-refractivity contribution >= 4 is 71.4 Å². The summed E-state index contributed by atoms with van der Waals surface area (Å²) in [4.78, 5) is 26.5. The van der Waals surface area contributed by atoms with E-state index in [1.54, 1.807) is 6.07 Å². The predicted molar refractivity (Wildman–Crippen MR) is 114 cm³/mol. The number of rotatable bonds is 4. The third kappa shape index (κ3) is 3.78. The largest absolute Gasteiger partial charge is 0.465 e. The maximum atomic E-state index is 12.6. The molecule has 0 aliphatic carbocycles. The molecule has 8 heteroatoms. The number of carbonyl (C=O) groups is 2. The first-order valence-electron chi connectivity index (χ1n) is 7.45. The minimum atomic E-state index is -0.475. The van der Waals surface area contributed by atoms with Crippen molar-refractivity contribution in [3.05, 3.63) is 60.0 Å². The van der Waals surface area contributed by atoms with Gasteiger partial charge in [0.2, 0.25) is 0 Å². The van der Waals surface area contributed by atoms with Crippen LogP contribution >= 0.6 is 54.5 Å². The molecule has 0 atom stereocenters. The van der Waals surface area contributed by atoms with Gasteiger partial charge in [0.25, 0.3) is 5.91 Å². The van der Waals surface area contributed by atoms with Gasteiger partial charge in [-0.25, -0.2) is 4.79 Å². The molecule has 3 rings (SSSR count). The van der Waals surface area contributed by atoms with Crippen LogP contribution in [0.5, 0.6) is 0 Å². The zero-order chi connectivity index (χ0) is 18.8. The fraction of sp³-hybridized carbons (Fsp3) is 0.111. The summed E-state index contributed by atoms with van der Waals surface area (Å²) in [6.07, 6.45) is 0. The van der Waals surface area contributed by atoms with Gasteiger partial charge in [-0.3, -0.25) is 4.79 Å². The molecule has 0 aliphatic heterocycles. The van der Waals surface area contributed by atoms with Crippen LogP contribution in [0.25, 0.3) is 11.1 Å². The highest BCUT2D eigenvalue weighted by atomic mass is 79.9. The van der Waals surface area contributed by atoms with Gasteiger partial charge in [0.1, 0.15) is 10.6 Å². The Bertz CT molecular complexity index is 960. The van der Waals surface area contributed by atoms with Crippen molar-refractivity contribution in [3.8, 4) is 11.1 Å². The number of carbonyl (C=O) groups excluding carboxylic acids is 2. The summed E-state index contributed by atoms with van der Waals surface area (Å²) in [6.45, 7) is 1.92. The van der Waals surface area contributed by atoms with E-state index in [2.05, 4.69) is 37.2 Å². The number of nitrogens with one attached hydrogen (secondary N) is 1. The summed E-state index contributed by atoms with van der Waals surface area (Å²) in [5.41, 5.74) is 2.07. The molecule has 2 aromatic heterocycles. The van der Waals surface area contributed by atoms with Crippen LogP contribution in [0.3, 0.4) is 0 Å². The summed E-state index contributed by atoms with van der Waals surface area (Å²) < 4.78 is 6.62. The fourth-order valence-electron chi connectivity index (χ4n) is 2.51. The van der Waals surface area contributed by atoms with E-state index in [-0.39, 0.29) is 5.91 Å². The lowest BCUT2D eigenvalue weighted by Gasteiger charge is -2.07. The average Bonchev–Trinajstić information content (AvgIpc) is 3.14. The maximum absolute atomic E-state index is 12.6. The van der Waals surface area contributed by atoms with E-state index in [0.717, 1.165) is 24.3 Å². The fourth-order valence-corrected chi connectivity index (χ4v) is 5.50. The number of ether oxygens (including phenoxy) is 1. The molecule has 0 saturated heterocycles. The molecule has 26 heavy (non-hydrogen) atoms. The number of hydrogen-bond donors (Lipinski definition) is 1. The van der Waals surface area contributed by atoms with Crippen molar-refractivity contribution in [1.29, 1.82) is 0 Å². The van der Waals surface area contributed by atoms with Gasteiger partial charge in [0.15, 0.2) is 0 Å². The molecular formula is C18H13Br2NO3S2. The predicted octanol–water partition coefficient (Wildman–Crippen LogP) is 6.35. The lowest BCUT2D eigenvalue weighted by atomic mass is 10.0. The zero-order valence-corrected chi connectivity index (χ0v) is 18.6. The third-order valence-corrected chi connectivity index (χ3v) is 7.91. The molecule has 0 bridgehead atoms. The van der Waals surface area contributed by atoms with Crippen LogP contribution in [0.4, 0.5) is 5.00 Å². The van der Waals surface area contributed by atoms with Crippen molar-refractivity contribution in [3.63, 3.8) is 0 Å². The second-order valence-corrected chi connectivity index (χ2v) is 9.73. The summed E-state index contributed by atoms with van der Waals surface area (Å²) >= 11 is 9.44. The number of aryl methyl sites for hydroxylation is 1. The summed E-state index contributed by atoms with van der Waals surface area (Å²) in [7, 11) is 1.34. The van der Waals surface area contributed by atoms with Gasteiger partial charge in [-0.15, -0.1) is 22.7 Å². The number of hydrogen-bond acceptors (Lipinski definition) is 5. The molecule has 0 radical (unpaired) electrons. The van der Waals surface area contributed by atoms with Crippen LogP contribution < -0.4 is 5.32 Å². The molecular weight excluding hydrogens is 502 g/mol. The first-order valence-corrected chi connectivity index (χ1v) is 10.7. The second-order valence-electron chi connectivity index (χ2n) is 5.28. The number of amides is 1. The number of anilines is 1. The van der Waals surface area contributed by atoms with E-state index in [1.165, 1.54) is 29.8 Å². The molecule has 3 aromatic rings. The number of halogens is 2. The highest BCUT2D eigenvalue weighted by Crippen LogP contribution is 2.41. The molecule has 2 heterocycles. The Labute approximate surface area is 175 Å². The molecule has 0 spiro atoms. The lowest BCUT2D eigenvalue weighted by Crippen LogP contribution is -2.13. The van der Waals surface area contributed by atoms with Crippen molar-refractivity contribution in [1.82, 2.24) is 0 Å². The Morgan fingerprint density at radius 1 is 1.12 bits per heavy atom. The van der Waals surface area contributed by atoms with Gasteiger partial charge in [0, 0.05) is 14.9 Å². The molecule has 0 unspecified atom stereocenters. The summed E-state index contributed by atoms with van der Waals surface area (Å²) in [5, 5.41) is 3.35. The van der Waals surface area contributed by atoms with Gasteiger partial charge >= 0.3 is 5.97 Å². The van der Waals surface area contributed by atoms with E-state index in [9.17, 15) is 9.59 Å². The first-order chi connectivity index (χ1) is 12.4. The monoisotopic (exact) mass is 513 g/mol. The van der Waals surface area contributed by atoms with Gasteiger partial charge in [0.05, 0.1) is 15.8 Å². The second kappa shape index (κ2) is 8.04. The molecule has 1 N–H and O–H groups in total. The quantitative estimate of drug-likeness (QED) is 0.413. The third-order valence-electron chi connectivity index (χ3n) is 3.63. The Morgan fingerprint density at radius 2 is 1.81 bits per heavy atom. The van der Waals surface area contributed by atoms with Crippen molar-refractivity contribution < 1.29 is 14.3 Å². The maximum Gasteiger partial charge on any atom is 0.341 e. The van der Waals surface area contributed by atoms with Gasteiger partial charge in [-0.2, -0.15) is 0 Å². The normalized spacial score (nSPS) is 10.6. The summed E-state index contributed by atoms with van der Waals surface area (Å²) in [6, 6.07) is 11.3. The van der Waals surface area contributed by atoms with Crippen LogP contribution in [-0.4, -0.2) is 19.0 Å². The van der Waals surface area contributed by atoms with E-state index >= 15 is 0 Å². The topological polar surface area (TPSA) is 55.4 Å². The van der Waals surface area contributed by atoms with Crippen LogP contribution in [0.1, 0.15) is 24.9 Å². The number of benzene rings is 1. The molecule has 0 fully saturated rings. The highest BCUT2D eigenvalue weighted by Gasteiger charge is 2.25. The molecule has 0 aliphatic rings. The Hall–Kier alpha value is -1.48. The average molecular weight is 515 g/mol. The minimum absolute atomic E-state index is 0.271. The first kappa shape index (κ1) is 19.3.